The van der Waals surface area contributed by atoms with Crippen LogP contribution in [0.4, 0.5) is 0 Å². The van der Waals surface area contributed by atoms with Crippen molar-refractivity contribution in [2.75, 3.05) is 13.9 Å². The van der Waals surface area contributed by atoms with Gasteiger partial charge in [-0.2, -0.15) is 0 Å². The molecule has 0 radical (unpaired) electrons. The number of rotatable bonds is 7. The number of hydrogen-bond donors (Lipinski definition) is 0. The maximum absolute atomic E-state index is 5.79. The van der Waals surface area contributed by atoms with Crippen molar-refractivity contribution in [2.24, 2.45) is 0 Å². The van der Waals surface area contributed by atoms with Gasteiger partial charge in [0.1, 0.15) is 12.9 Å². The Hall–Kier alpha value is -1.12. The van der Waals surface area contributed by atoms with Crippen LogP contribution in [0.25, 0.3) is 0 Å². The quantitative estimate of drug-likeness (QED) is 0.522. The van der Waals surface area contributed by atoms with Crippen molar-refractivity contribution in [2.45, 2.75) is 32.8 Å². The average molecular weight is 234 g/mol. The van der Waals surface area contributed by atoms with Gasteiger partial charge in [-0.05, 0) is 24.0 Å². The topological polar surface area (TPSA) is 18.5 Å². The highest BCUT2D eigenvalue weighted by Crippen LogP contribution is 2.28. The molecule has 2 heteroatoms. The Morgan fingerprint density at radius 1 is 1.24 bits per heavy atom. The van der Waals surface area contributed by atoms with E-state index in [1.807, 2.05) is 18.2 Å². The molecule has 0 saturated heterocycles. The zero-order valence-electron chi connectivity index (χ0n) is 11.0. The summed E-state index contributed by atoms with van der Waals surface area (Å²) >= 11 is 0. The van der Waals surface area contributed by atoms with Crippen LogP contribution in [0.2, 0.25) is 0 Å². The molecule has 0 amide bonds. The van der Waals surface area contributed by atoms with Gasteiger partial charge in [0.15, 0.2) is 0 Å². The Balaban J connectivity index is 2.90. The molecule has 0 heterocycles. The number of hydrogen-bond acceptors (Lipinski definition) is 2. The van der Waals surface area contributed by atoms with Gasteiger partial charge in [-0.25, -0.2) is 0 Å². The van der Waals surface area contributed by atoms with Gasteiger partial charge in [0.05, 0.1) is 0 Å². The summed E-state index contributed by atoms with van der Waals surface area (Å²) in [4.78, 5) is 0. The molecule has 17 heavy (non-hydrogen) atoms. The highest BCUT2D eigenvalue weighted by Gasteiger charge is 2.15. The van der Waals surface area contributed by atoms with Gasteiger partial charge in [-0.3, -0.25) is 0 Å². The van der Waals surface area contributed by atoms with E-state index >= 15 is 0 Å². The van der Waals surface area contributed by atoms with E-state index < -0.39 is 0 Å². The fourth-order valence-corrected chi connectivity index (χ4v) is 1.88. The van der Waals surface area contributed by atoms with E-state index in [0.29, 0.717) is 6.79 Å². The van der Waals surface area contributed by atoms with Gasteiger partial charge in [0, 0.05) is 7.11 Å². The second kappa shape index (κ2) is 8.04. The van der Waals surface area contributed by atoms with Crippen molar-refractivity contribution >= 4 is 0 Å². The fourth-order valence-electron chi connectivity index (χ4n) is 1.88. The van der Waals surface area contributed by atoms with E-state index in [-0.39, 0.29) is 6.10 Å². The first-order valence-corrected chi connectivity index (χ1v) is 6.17. The standard InChI is InChI=1S/C15H22O2/c1-4-9-13(5-2)15(17-12-16-3)14-10-7-6-8-11-14/h6-11,15H,4-5,12H2,1-3H3/b13-9+. The van der Waals surface area contributed by atoms with Gasteiger partial charge in [0.25, 0.3) is 0 Å². The van der Waals surface area contributed by atoms with Crippen LogP contribution < -0.4 is 0 Å². The second-order valence-corrected chi connectivity index (χ2v) is 3.90. The zero-order chi connectivity index (χ0) is 12.5. The predicted molar refractivity (Wildman–Crippen MR) is 70.8 cm³/mol. The lowest BCUT2D eigenvalue weighted by Gasteiger charge is -2.20. The second-order valence-electron chi connectivity index (χ2n) is 3.90. The summed E-state index contributed by atoms with van der Waals surface area (Å²) in [6.45, 7) is 4.63. The largest absolute Gasteiger partial charge is 0.359 e. The fraction of sp³-hybridized carbons (Fsp3) is 0.467. The Morgan fingerprint density at radius 2 is 1.94 bits per heavy atom. The average Bonchev–Trinajstić information content (AvgIpc) is 2.39. The lowest BCUT2D eigenvalue weighted by Crippen LogP contribution is -2.09. The maximum Gasteiger partial charge on any atom is 0.147 e. The summed E-state index contributed by atoms with van der Waals surface area (Å²) in [6.07, 6.45) is 4.29. The predicted octanol–water partition coefficient (Wildman–Crippen LogP) is 4.09. The smallest absolute Gasteiger partial charge is 0.147 e. The Morgan fingerprint density at radius 3 is 2.47 bits per heavy atom. The minimum atomic E-state index is 0.0149. The van der Waals surface area contributed by atoms with Crippen LogP contribution in [-0.2, 0) is 9.47 Å². The van der Waals surface area contributed by atoms with Crippen LogP contribution in [0.1, 0.15) is 38.4 Å². The zero-order valence-corrected chi connectivity index (χ0v) is 11.0. The minimum Gasteiger partial charge on any atom is -0.359 e. The van der Waals surface area contributed by atoms with Crippen LogP contribution in [0, 0.1) is 0 Å². The maximum atomic E-state index is 5.79. The highest BCUT2D eigenvalue weighted by molar-refractivity contribution is 5.26. The van der Waals surface area contributed by atoms with Crippen LogP contribution >= 0.6 is 0 Å². The van der Waals surface area contributed by atoms with Crippen molar-refractivity contribution in [3.8, 4) is 0 Å². The Bertz CT molecular complexity index is 330. The molecule has 1 atom stereocenters. The molecular formula is C15H22O2. The molecule has 0 aliphatic rings. The summed E-state index contributed by atoms with van der Waals surface area (Å²) in [6, 6.07) is 10.3. The molecule has 0 N–H and O–H groups in total. The first-order chi connectivity index (χ1) is 8.33. The lowest BCUT2D eigenvalue weighted by molar-refractivity contribution is -0.0613. The van der Waals surface area contributed by atoms with Crippen LogP contribution in [0.3, 0.4) is 0 Å². The van der Waals surface area contributed by atoms with Crippen molar-refractivity contribution in [3.63, 3.8) is 0 Å². The van der Waals surface area contributed by atoms with Crippen LogP contribution in [-0.4, -0.2) is 13.9 Å². The van der Waals surface area contributed by atoms with E-state index in [1.54, 1.807) is 7.11 Å². The minimum absolute atomic E-state index is 0.0149. The molecule has 0 fully saturated rings. The molecule has 0 aliphatic heterocycles. The third-order valence-corrected chi connectivity index (χ3v) is 2.67. The van der Waals surface area contributed by atoms with Gasteiger partial charge < -0.3 is 9.47 Å². The third kappa shape index (κ3) is 4.33. The van der Waals surface area contributed by atoms with Gasteiger partial charge in [-0.1, -0.05) is 50.3 Å². The number of benzene rings is 1. The first-order valence-electron chi connectivity index (χ1n) is 6.17. The molecule has 1 aromatic carbocycles. The molecule has 1 rings (SSSR count). The summed E-state index contributed by atoms with van der Waals surface area (Å²) < 4.78 is 10.8. The Kier molecular flexibility index (Phi) is 6.60. The highest BCUT2D eigenvalue weighted by atomic mass is 16.7. The van der Waals surface area contributed by atoms with E-state index in [1.165, 1.54) is 11.1 Å². The summed E-state index contributed by atoms with van der Waals surface area (Å²) in [5, 5.41) is 0. The first kappa shape index (κ1) is 13.9. The van der Waals surface area contributed by atoms with Crippen LogP contribution in [0.15, 0.2) is 42.0 Å². The van der Waals surface area contributed by atoms with Crippen molar-refractivity contribution in [3.05, 3.63) is 47.5 Å². The van der Waals surface area contributed by atoms with E-state index in [4.69, 9.17) is 9.47 Å². The van der Waals surface area contributed by atoms with Crippen molar-refractivity contribution in [1.29, 1.82) is 0 Å². The molecule has 0 spiro atoms. The monoisotopic (exact) mass is 234 g/mol. The van der Waals surface area contributed by atoms with E-state index in [9.17, 15) is 0 Å². The normalized spacial score (nSPS) is 13.7. The summed E-state index contributed by atoms with van der Waals surface area (Å²) in [5.41, 5.74) is 2.50. The number of allylic oxidation sites excluding steroid dienone is 1. The molecule has 94 valence electrons. The molecule has 1 aromatic rings. The number of methoxy groups -OCH3 is 1. The summed E-state index contributed by atoms with van der Waals surface area (Å²) in [7, 11) is 1.65. The molecule has 0 aliphatic carbocycles. The van der Waals surface area contributed by atoms with Gasteiger partial charge in [-0.15, -0.1) is 0 Å². The SMILES string of the molecule is CC/C=C(\CC)C(OCOC)c1ccccc1. The van der Waals surface area contributed by atoms with Gasteiger partial charge in [0.2, 0.25) is 0 Å². The van der Waals surface area contributed by atoms with Crippen molar-refractivity contribution < 1.29 is 9.47 Å². The third-order valence-electron chi connectivity index (χ3n) is 2.67. The summed E-state index contributed by atoms with van der Waals surface area (Å²) in [5.74, 6) is 0. The number of ether oxygens (including phenoxy) is 2. The molecule has 2 nitrogen and oxygen atoms in total. The lowest BCUT2D eigenvalue weighted by atomic mass is 9.98. The molecule has 0 saturated carbocycles. The van der Waals surface area contributed by atoms with Crippen molar-refractivity contribution in [1.82, 2.24) is 0 Å². The van der Waals surface area contributed by atoms with E-state index in [0.717, 1.165) is 12.8 Å². The molecule has 0 aromatic heterocycles. The molecule has 0 bridgehead atoms. The molecular weight excluding hydrogens is 212 g/mol. The van der Waals surface area contributed by atoms with Gasteiger partial charge >= 0.3 is 0 Å². The molecule has 1 unspecified atom stereocenters. The van der Waals surface area contributed by atoms with Crippen LogP contribution in [0.5, 0.6) is 0 Å². The Labute approximate surface area is 104 Å². The van der Waals surface area contributed by atoms with E-state index in [2.05, 4.69) is 32.1 Å².